The molecule has 1 aliphatic heterocycles. The van der Waals surface area contributed by atoms with Crippen molar-refractivity contribution in [2.45, 2.75) is 58.8 Å². The van der Waals surface area contributed by atoms with Crippen LogP contribution in [0.5, 0.6) is 0 Å². The van der Waals surface area contributed by atoms with Crippen molar-refractivity contribution >= 4 is 51.8 Å². The largest absolute Gasteiger partial charge is 0.409 e. The number of aromatic amines is 2. The summed E-state index contributed by atoms with van der Waals surface area (Å²) in [6.07, 6.45) is 4.26. The molecule has 0 aliphatic carbocycles. The van der Waals surface area contributed by atoms with Gasteiger partial charge >= 0.3 is 34.2 Å². The fourth-order valence-corrected chi connectivity index (χ4v) is 4.60. The molecule has 53 heavy (non-hydrogen) atoms. The first-order valence-corrected chi connectivity index (χ1v) is 15.9. The lowest BCUT2D eigenvalue weighted by molar-refractivity contribution is -0.165. The van der Waals surface area contributed by atoms with E-state index in [9.17, 15) is 43.2 Å². The van der Waals surface area contributed by atoms with Gasteiger partial charge in [-0.05, 0) is 36.8 Å². The van der Waals surface area contributed by atoms with Crippen LogP contribution >= 0.6 is 11.8 Å². The minimum absolute atomic E-state index is 0.109. The summed E-state index contributed by atoms with van der Waals surface area (Å²) in [4.78, 5) is 126. The third kappa shape index (κ3) is 11.3. The number of imide groups is 2. The summed E-state index contributed by atoms with van der Waals surface area (Å²) >= 11 is 4.71. The number of barbiturate groups is 1. The molecule has 23 heteroatoms. The molecule has 5 heterocycles. The van der Waals surface area contributed by atoms with E-state index in [0.717, 1.165) is 30.4 Å². The SMILES string of the molecule is CCCCc1cc(=O)oc2[nH]c(=O)n(OC)c(=O)c12.CCCCc1cc(=O)oc2c1c(=O)[nH]c(=O)n2OC.CON1C(=O)CC(=O)NC1=O.CONCl. The van der Waals surface area contributed by atoms with Crippen LogP contribution in [0.1, 0.15) is 57.1 Å². The number of nitrogens with zero attached hydrogens (tertiary/aromatic N) is 3. The molecule has 0 radical (unpaired) electrons. The van der Waals surface area contributed by atoms with Crippen molar-refractivity contribution in [2.75, 3.05) is 28.4 Å². The second kappa shape index (κ2) is 20.9. The van der Waals surface area contributed by atoms with Gasteiger partial charge in [-0.3, -0.25) is 44.1 Å². The number of halogens is 1. The normalized spacial score (nSPS) is 12.2. The molecule has 0 unspecified atom stereocenters. The molecule has 1 fully saturated rings. The summed E-state index contributed by atoms with van der Waals surface area (Å²) in [6, 6.07) is 1.71. The number of nitrogens with one attached hydrogen (secondary N) is 4. The summed E-state index contributed by atoms with van der Waals surface area (Å²) in [7, 11) is 5.07. The number of amides is 4. The second-order valence-corrected chi connectivity index (χ2v) is 10.6. The zero-order chi connectivity index (χ0) is 39.8. The summed E-state index contributed by atoms with van der Waals surface area (Å²) in [5.74, 6) is -1.26. The van der Waals surface area contributed by atoms with E-state index >= 15 is 0 Å². The van der Waals surface area contributed by atoms with Gasteiger partial charge in [0.25, 0.3) is 17.2 Å². The molecule has 0 spiro atoms. The van der Waals surface area contributed by atoms with E-state index in [-0.39, 0.29) is 28.6 Å². The Kier molecular flexibility index (Phi) is 17.1. The Hall–Kier alpha value is -5.84. The number of rotatable bonds is 10. The van der Waals surface area contributed by atoms with Crippen LogP contribution in [-0.2, 0) is 32.1 Å². The first kappa shape index (κ1) is 43.3. The van der Waals surface area contributed by atoms with Crippen molar-refractivity contribution in [3.05, 3.63) is 85.8 Å². The molecule has 290 valence electrons. The lowest BCUT2D eigenvalue weighted by atomic mass is 10.1. The molecular formula is C30H38ClN7O15. The first-order chi connectivity index (χ1) is 25.2. The van der Waals surface area contributed by atoms with Gasteiger partial charge in [0.15, 0.2) is 0 Å². The van der Waals surface area contributed by atoms with Gasteiger partial charge in [0.1, 0.15) is 31.4 Å². The number of carbonyl (C=O) groups excluding carboxylic acids is 3. The molecule has 1 saturated heterocycles. The highest BCUT2D eigenvalue weighted by Gasteiger charge is 2.31. The molecule has 0 bridgehead atoms. The topological polar surface area (TPSA) is 286 Å². The van der Waals surface area contributed by atoms with Crippen molar-refractivity contribution in [2.24, 2.45) is 0 Å². The Bertz CT molecular complexity index is 2230. The highest BCUT2D eigenvalue weighted by Crippen LogP contribution is 2.14. The fraction of sp³-hybridized carbons (Fsp3) is 0.433. The van der Waals surface area contributed by atoms with Crippen LogP contribution in [0.4, 0.5) is 4.79 Å². The van der Waals surface area contributed by atoms with E-state index in [2.05, 4.69) is 19.6 Å². The van der Waals surface area contributed by atoms with E-state index in [0.29, 0.717) is 33.8 Å². The number of hydrogen-bond donors (Lipinski definition) is 4. The van der Waals surface area contributed by atoms with E-state index in [1.807, 2.05) is 24.2 Å². The molecular weight excluding hydrogens is 734 g/mol. The molecule has 4 aromatic heterocycles. The predicted octanol–water partition coefficient (Wildman–Crippen LogP) is -0.604. The van der Waals surface area contributed by atoms with Crippen LogP contribution in [0.2, 0.25) is 0 Å². The van der Waals surface area contributed by atoms with Crippen LogP contribution in [0.15, 0.2) is 49.7 Å². The van der Waals surface area contributed by atoms with Gasteiger partial charge in [-0.15, -0.1) is 10.1 Å². The first-order valence-electron chi connectivity index (χ1n) is 15.6. The maximum Gasteiger partial charge on any atom is 0.364 e. The minimum Gasteiger partial charge on any atom is -0.409 e. The van der Waals surface area contributed by atoms with Gasteiger partial charge in [0.2, 0.25) is 11.6 Å². The number of fused-ring (bicyclic) bond motifs is 2. The molecule has 0 atom stereocenters. The van der Waals surface area contributed by atoms with Gasteiger partial charge < -0.3 is 18.5 Å². The average molecular weight is 772 g/mol. The van der Waals surface area contributed by atoms with Gasteiger partial charge in [0.05, 0.1) is 14.2 Å². The third-order valence-corrected chi connectivity index (χ3v) is 7.03. The molecule has 4 amide bonds. The Morgan fingerprint density at radius 3 is 1.77 bits per heavy atom. The van der Waals surface area contributed by atoms with Crippen LogP contribution < -0.4 is 53.7 Å². The quantitative estimate of drug-likeness (QED) is 0.0889. The van der Waals surface area contributed by atoms with Crippen molar-refractivity contribution in [3.8, 4) is 0 Å². The van der Waals surface area contributed by atoms with Crippen LogP contribution in [0.3, 0.4) is 0 Å². The summed E-state index contributed by atoms with van der Waals surface area (Å²) < 4.78 is 11.1. The lowest BCUT2D eigenvalue weighted by Crippen LogP contribution is -2.51. The Balaban J connectivity index is 0.000000270. The number of aryl methyl sites for hydroxylation is 2. The monoisotopic (exact) mass is 771 g/mol. The van der Waals surface area contributed by atoms with E-state index < -0.39 is 51.6 Å². The molecule has 4 aromatic rings. The van der Waals surface area contributed by atoms with Gasteiger partial charge in [-0.1, -0.05) is 36.1 Å². The molecule has 0 saturated carbocycles. The number of hydroxylamine groups is 2. The van der Waals surface area contributed by atoms with Gasteiger partial charge in [-0.25, -0.2) is 24.0 Å². The zero-order valence-electron chi connectivity index (χ0n) is 29.4. The maximum atomic E-state index is 12.1. The number of urea groups is 1. The Morgan fingerprint density at radius 1 is 0.755 bits per heavy atom. The second-order valence-electron chi connectivity index (χ2n) is 10.4. The fourth-order valence-electron chi connectivity index (χ4n) is 4.60. The van der Waals surface area contributed by atoms with Crippen LogP contribution in [0, 0.1) is 0 Å². The smallest absolute Gasteiger partial charge is 0.364 e. The van der Waals surface area contributed by atoms with Crippen molar-refractivity contribution in [1.29, 1.82) is 0 Å². The number of unbranched alkanes of at least 4 members (excludes halogenated alkanes) is 2. The standard InChI is InChI=1S/2C12H14N2O5.C5H6N2O4.CH4ClNO/c1-3-4-5-7-6-8(15)19-10-9(7)11(16)14(18-2)12(17)13-10;1-3-4-5-7-6-8(15)19-11-9(7)10(16)13-12(17)14(11)18-2;1-11-7-4(9)2-3(8)6-5(7)10;1-4-3-2/h6H,3-5H2,1-2H3,(H,13,17);6H,3-5H2,1-2H3,(H,13,16,17);2H2,1H3,(H,6,8,10);3H,1H3. The average Bonchev–Trinajstić information content (AvgIpc) is 3.09. The molecule has 22 nitrogen and oxygen atoms in total. The van der Waals surface area contributed by atoms with Gasteiger partial charge in [-0.2, -0.15) is 0 Å². The predicted molar refractivity (Wildman–Crippen MR) is 185 cm³/mol. The van der Waals surface area contributed by atoms with Crippen LogP contribution in [0.25, 0.3) is 22.2 Å². The van der Waals surface area contributed by atoms with E-state index in [4.69, 9.17) is 30.3 Å². The summed E-state index contributed by atoms with van der Waals surface area (Å²) in [5.41, 5.74) is -3.14. The number of carbonyl (C=O) groups is 3. The Labute approximate surface area is 302 Å². The van der Waals surface area contributed by atoms with Crippen molar-refractivity contribution < 1.29 is 42.6 Å². The summed E-state index contributed by atoms with van der Waals surface area (Å²) in [6.45, 7) is 4.01. The zero-order valence-corrected chi connectivity index (χ0v) is 30.2. The highest BCUT2D eigenvalue weighted by atomic mass is 35.5. The van der Waals surface area contributed by atoms with E-state index in [1.54, 1.807) is 0 Å². The Morgan fingerprint density at radius 2 is 1.28 bits per heavy atom. The number of hydrogen-bond acceptors (Lipinski definition) is 16. The molecule has 5 rings (SSSR count). The lowest BCUT2D eigenvalue weighted by Gasteiger charge is -2.21. The minimum atomic E-state index is -0.839. The van der Waals surface area contributed by atoms with E-state index in [1.165, 1.54) is 40.6 Å². The summed E-state index contributed by atoms with van der Waals surface area (Å²) in [5, 5.41) is 2.77. The number of H-pyrrole nitrogens is 2. The highest BCUT2D eigenvalue weighted by molar-refractivity contribution is 6.13. The molecule has 1 aliphatic rings. The van der Waals surface area contributed by atoms with Crippen LogP contribution in [-0.4, -0.2) is 70.8 Å². The number of aromatic nitrogens is 4. The molecule has 0 aromatic carbocycles. The maximum absolute atomic E-state index is 12.1. The molecule has 4 N–H and O–H groups in total. The van der Waals surface area contributed by atoms with Crippen molar-refractivity contribution in [3.63, 3.8) is 0 Å². The van der Waals surface area contributed by atoms with Crippen molar-refractivity contribution in [1.82, 2.24) is 34.8 Å². The third-order valence-electron chi connectivity index (χ3n) is 6.88. The van der Waals surface area contributed by atoms with Gasteiger partial charge in [0, 0.05) is 23.9 Å².